The Balaban J connectivity index is 1.87. The topological polar surface area (TPSA) is 76.4 Å². The summed E-state index contributed by atoms with van der Waals surface area (Å²) >= 11 is 0. The van der Waals surface area contributed by atoms with E-state index < -0.39 is 0 Å². The first-order valence-electron chi connectivity index (χ1n) is 5.98. The number of aromatic nitrogens is 1. The van der Waals surface area contributed by atoms with Crippen molar-refractivity contribution in [3.63, 3.8) is 0 Å². The number of carbonyl (C=O) groups is 1. The van der Waals surface area contributed by atoms with Crippen molar-refractivity contribution in [1.29, 1.82) is 0 Å². The van der Waals surface area contributed by atoms with Crippen molar-refractivity contribution in [2.45, 2.75) is 6.92 Å². The van der Waals surface area contributed by atoms with Crippen LogP contribution in [0.4, 0.5) is 11.5 Å². The van der Waals surface area contributed by atoms with Gasteiger partial charge in [-0.25, -0.2) is 0 Å². The van der Waals surface area contributed by atoms with Gasteiger partial charge in [0.2, 0.25) is 0 Å². The third-order valence-corrected chi connectivity index (χ3v) is 2.79. The van der Waals surface area contributed by atoms with Gasteiger partial charge in [-0.3, -0.25) is 4.79 Å². The van der Waals surface area contributed by atoms with Crippen LogP contribution >= 0.6 is 0 Å². The van der Waals surface area contributed by atoms with Gasteiger partial charge in [0.15, 0.2) is 11.6 Å². The van der Waals surface area contributed by atoms with Gasteiger partial charge in [0.1, 0.15) is 12.4 Å². The molecule has 0 saturated heterocycles. The predicted molar refractivity (Wildman–Crippen MR) is 69.6 cm³/mol. The van der Waals surface area contributed by atoms with Gasteiger partial charge in [0, 0.05) is 12.6 Å². The molecule has 0 atom stereocenters. The lowest BCUT2D eigenvalue weighted by Crippen LogP contribution is -2.21. The van der Waals surface area contributed by atoms with Crippen LogP contribution < -0.4 is 15.4 Å². The third-order valence-electron chi connectivity index (χ3n) is 2.79. The molecular weight excluding hydrogens is 246 g/mol. The summed E-state index contributed by atoms with van der Waals surface area (Å²) in [5.74, 6) is 1.34. The van der Waals surface area contributed by atoms with Crippen LogP contribution in [0.1, 0.15) is 16.1 Å². The summed E-state index contributed by atoms with van der Waals surface area (Å²) in [4.78, 5) is 12.2. The molecule has 0 bridgehead atoms. The fourth-order valence-corrected chi connectivity index (χ4v) is 1.96. The minimum Gasteiger partial charge on any atom is -0.489 e. The molecule has 6 nitrogen and oxygen atoms in total. The number of para-hydroxylation sites is 1. The van der Waals surface area contributed by atoms with Crippen LogP contribution in [-0.4, -0.2) is 24.2 Å². The fourth-order valence-electron chi connectivity index (χ4n) is 1.96. The Kier molecular flexibility index (Phi) is 2.83. The lowest BCUT2D eigenvalue weighted by atomic mass is 10.1. The van der Waals surface area contributed by atoms with Crippen LogP contribution in [0.25, 0.3) is 0 Å². The molecule has 3 rings (SSSR count). The molecule has 0 aliphatic carbocycles. The molecule has 1 aliphatic rings. The first-order valence-corrected chi connectivity index (χ1v) is 5.98. The Hall–Kier alpha value is -2.50. The van der Waals surface area contributed by atoms with Crippen molar-refractivity contribution in [1.82, 2.24) is 5.16 Å². The molecule has 2 N–H and O–H groups in total. The second kappa shape index (κ2) is 4.64. The first kappa shape index (κ1) is 11.6. The highest BCUT2D eigenvalue weighted by Crippen LogP contribution is 2.31. The summed E-state index contributed by atoms with van der Waals surface area (Å²) in [5.41, 5.74) is 1.31. The average Bonchev–Trinajstić information content (AvgIpc) is 2.83. The van der Waals surface area contributed by atoms with Gasteiger partial charge in [-0.2, -0.15) is 0 Å². The number of nitrogens with zero attached hydrogens (tertiary/aromatic N) is 1. The van der Waals surface area contributed by atoms with Gasteiger partial charge in [0.25, 0.3) is 5.91 Å². The van der Waals surface area contributed by atoms with E-state index in [0.717, 1.165) is 12.2 Å². The van der Waals surface area contributed by atoms with Crippen molar-refractivity contribution in [3.05, 3.63) is 35.6 Å². The minimum absolute atomic E-state index is 0.270. The summed E-state index contributed by atoms with van der Waals surface area (Å²) in [5, 5.41) is 9.59. The van der Waals surface area contributed by atoms with E-state index in [4.69, 9.17) is 9.26 Å². The fraction of sp³-hybridized carbons (Fsp3) is 0.231. The number of amides is 1. The molecule has 19 heavy (non-hydrogen) atoms. The van der Waals surface area contributed by atoms with Crippen molar-refractivity contribution in [3.8, 4) is 5.75 Å². The van der Waals surface area contributed by atoms with E-state index in [1.165, 1.54) is 0 Å². The van der Waals surface area contributed by atoms with Crippen molar-refractivity contribution >= 4 is 17.4 Å². The summed E-state index contributed by atoms with van der Waals surface area (Å²) in [7, 11) is 0. The zero-order chi connectivity index (χ0) is 13.2. The molecule has 2 aromatic rings. The van der Waals surface area contributed by atoms with Crippen LogP contribution in [0.2, 0.25) is 0 Å². The van der Waals surface area contributed by atoms with Crippen LogP contribution in [0.15, 0.2) is 28.8 Å². The molecule has 0 spiro atoms. The third kappa shape index (κ3) is 2.24. The van der Waals surface area contributed by atoms with Crippen LogP contribution in [0.5, 0.6) is 5.75 Å². The van der Waals surface area contributed by atoms with Crippen molar-refractivity contribution in [2.75, 3.05) is 23.8 Å². The average molecular weight is 259 g/mol. The molecule has 1 aromatic carbocycles. The van der Waals surface area contributed by atoms with E-state index in [1.54, 1.807) is 19.1 Å². The molecule has 0 saturated carbocycles. The minimum atomic E-state index is -0.270. The zero-order valence-electron chi connectivity index (χ0n) is 10.4. The normalized spacial score (nSPS) is 13.1. The highest BCUT2D eigenvalue weighted by atomic mass is 16.5. The van der Waals surface area contributed by atoms with Gasteiger partial charge in [0.05, 0.1) is 11.3 Å². The van der Waals surface area contributed by atoms with Gasteiger partial charge in [-0.1, -0.05) is 11.2 Å². The molecule has 0 fully saturated rings. The monoisotopic (exact) mass is 259 g/mol. The maximum absolute atomic E-state index is 12.2. The number of nitrogens with one attached hydrogen (secondary N) is 2. The lowest BCUT2D eigenvalue weighted by Gasteiger charge is -2.21. The predicted octanol–water partition coefficient (Wildman–Crippen LogP) is 2.04. The Bertz CT molecular complexity index is 621. The Labute approximate surface area is 109 Å². The van der Waals surface area contributed by atoms with Crippen molar-refractivity contribution < 1.29 is 14.1 Å². The smallest absolute Gasteiger partial charge is 0.260 e. The number of benzene rings is 1. The maximum atomic E-state index is 12.2. The molecule has 2 heterocycles. The second-order valence-electron chi connectivity index (χ2n) is 4.23. The van der Waals surface area contributed by atoms with Crippen LogP contribution in [0, 0.1) is 6.92 Å². The summed E-state index contributed by atoms with van der Waals surface area (Å²) < 4.78 is 10.5. The maximum Gasteiger partial charge on any atom is 0.260 e. The SMILES string of the molecule is Cc1cc(NC(=O)c2cccc3c2OCCN3)no1. The molecule has 1 amide bonds. The standard InChI is InChI=1S/C13H13N3O3/c1-8-7-11(16-19-8)15-13(17)9-3-2-4-10-12(9)18-6-5-14-10/h2-4,7,14H,5-6H2,1H3,(H,15,16,17). The number of aryl methyl sites for hydroxylation is 1. The van der Waals surface area contributed by atoms with Crippen LogP contribution in [-0.2, 0) is 0 Å². The summed E-state index contributed by atoms with van der Waals surface area (Å²) in [6, 6.07) is 7.06. The number of fused-ring (bicyclic) bond motifs is 1. The number of hydrogen-bond acceptors (Lipinski definition) is 5. The van der Waals surface area contributed by atoms with Gasteiger partial charge < -0.3 is 19.9 Å². The van der Waals surface area contributed by atoms with Gasteiger partial charge in [-0.15, -0.1) is 0 Å². The van der Waals surface area contributed by atoms with Gasteiger partial charge >= 0.3 is 0 Å². The molecule has 0 radical (unpaired) electrons. The molecule has 0 unspecified atom stereocenters. The highest BCUT2D eigenvalue weighted by molar-refractivity contribution is 6.07. The molecule has 98 valence electrons. The highest BCUT2D eigenvalue weighted by Gasteiger charge is 2.19. The van der Waals surface area contributed by atoms with E-state index in [0.29, 0.717) is 29.5 Å². The quantitative estimate of drug-likeness (QED) is 0.863. The molecular formula is C13H13N3O3. The lowest BCUT2D eigenvalue weighted by molar-refractivity contribution is 0.102. The number of carbonyl (C=O) groups excluding carboxylic acids is 1. The Morgan fingerprint density at radius 2 is 2.37 bits per heavy atom. The number of hydrogen-bond donors (Lipinski definition) is 2. The molecule has 1 aliphatic heterocycles. The molecule has 6 heteroatoms. The van der Waals surface area contributed by atoms with E-state index >= 15 is 0 Å². The van der Waals surface area contributed by atoms with Crippen molar-refractivity contribution in [2.24, 2.45) is 0 Å². The second-order valence-corrected chi connectivity index (χ2v) is 4.23. The largest absolute Gasteiger partial charge is 0.489 e. The number of rotatable bonds is 2. The van der Waals surface area contributed by atoms with E-state index in [9.17, 15) is 4.79 Å². The summed E-state index contributed by atoms with van der Waals surface area (Å²) in [6.07, 6.45) is 0. The molecule has 1 aromatic heterocycles. The Morgan fingerprint density at radius 1 is 1.47 bits per heavy atom. The summed E-state index contributed by atoms with van der Waals surface area (Å²) in [6.45, 7) is 3.04. The van der Waals surface area contributed by atoms with Crippen LogP contribution in [0.3, 0.4) is 0 Å². The van der Waals surface area contributed by atoms with E-state index in [1.807, 2.05) is 12.1 Å². The van der Waals surface area contributed by atoms with E-state index in [-0.39, 0.29) is 5.91 Å². The zero-order valence-corrected chi connectivity index (χ0v) is 10.4. The Morgan fingerprint density at radius 3 is 3.16 bits per heavy atom. The van der Waals surface area contributed by atoms with E-state index in [2.05, 4.69) is 15.8 Å². The van der Waals surface area contributed by atoms with Gasteiger partial charge in [-0.05, 0) is 19.1 Å². The number of anilines is 2. The number of ether oxygens (including phenoxy) is 1. The first-order chi connectivity index (χ1) is 9.24.